The molecule has 114 valence electrons. The Morgan fingerprint density at radius 3 is 2.75 bits per heavy atom. The van der Waals surface area contributed by atoms with Gasteiger partial charge in [0, 0.05) is 17.0 Å². The highest BCUT2D eigenvalue weighted by atomic mass is 32.1. The Hall–Kier alpha value is -0.380. The molecule has 1 fully saturated rings. The summed E-state index contributed by atoms with van der Waals surface area (Å²) in [7, 11) is 2.31. The van der Waals surface area contributed by atoms with Crippen LogP contribution in [0.15, 0.2) is 11.4 Å². The van der Waals surface area contributed by atoms with E-state index < -0.39 is 0 Å². The van der Waals surface area contributed by atoms with Crippen molar-refractivity contribution in [1.82, 2.24) is 10.2 Å². The fourth-order valence-corrected chi connectivity index (χ4v) is 4.23. The van der Waals surface area contributed by atoms with E-state index in [0.29, 0.717) is 6.04 Å². The molecule has 0 spiro atoms. The first-order valence-electron chi connectivity index (χ1n) is 8.16. The molecular weight excluding hydrogens is 264 g/mol. The number of rotatable bonds is 7. The summed E-state index contributed by atoms with van der Waals surface area (Å²) in [5, 5.41) is 5.86. The van der Waals surface area contributed by atoms with Gasteiger partial charge in [-0.05, 0) is 70.3 Å². The minimum atomic E-state index is 0.495. The second-order valence-electron chi connectivity index (χ2n) is 6.27. The van der Waals surface area contributed by atoms with Gasteiger partial charge in [-0.3, -0.25) is 0 Å². The van der Waals surface area contributed by atoms with E-state index in [-0.39, 0.29) is 0 Å². The fraction of sp³-hybridized carbons (Fsp3) is 0.765. The van der Waals surface area contributed by atoms with E-state index in [4.69, 9.17) is 0 Å². The molecule has 1 aliphatic carbocycles. The molecule has 0 saturated heterocycles. The predicted octanol–water partition coefficient (Wildman–Crippen LogP) is 4.36. The molecule has 3 heteroatoms. The monoisotopic (exact) mass is 294 g/mol. The highest BCUT2D eigenvalue weighted by Crippen LogP contribution is 2.23. The van der Waals surface area contributed by atoms with Gasteiger partial charge in [0.2, 0.25) is 0 Å². The lowest BCUT2D eigenvalue weighted by Gasteiger charge is -2.31. The van der Waals surface area contributed by atoms with Crippen molar-refractivity contribution in [3.8, 4) is 0 Å². The topological polar surface area (TPSA) is 15.3 Å². The second kappa shape index (κ2) is 8.16. The van der Waals surface area contributed by atoms with Gasteiger partial charge in [0.05, 0.1) is 0 Å². The van der Waals surface area contributed by atoms with Crippen LogP contribution in [0.2, 0.25) is 0 Å². The van der Waals surface area contributed by atoms with Crippen LogP contribution < -0.4 is 5.32 Å². The summed E-state index contributed by atoms with van der Waals surface area (Å²) in [5.41, 5.74) is 1.43. The summed E-state index contributed by atoms with van der Waals surface area (Å²) in [6, 6.07) is 3.56. The van der Waals surface area contributed by atoms with Crippen molar-refractivity contribution in [2.75, 3.05) is 20.1 Å². The van der Waals surface area contributed by atoms with Gasteiger partial charge in [0.15, 0.2) is 0 Å². The maximum atomic E-state index is 3.67. The minimum absolute atomic E-state index is 0.495. The lowest BCUT2D eigenvalue weighted by Crippen LogP contribution is -2.35. The van der Waals surface area contributed by atoms with E-state index in [9.17, 15) is 0 Å². The summed E-state index contributed by atoms with van der Waals surface area (Å²) in [6.45, 7) is 6.84. The largest absolute Gasteiger partial charge is 0.309 e. The molecule has 0 aliphatic heterocycles. The zero-order valence-electron chi connectivity index (χ0n) is 13.3. The molecule has 2 nitrogen and oxygen atoms in total. The molecule has 20 heavy (non-hydrogen) atoms. The molecule has 1 aromatic rings. The summed E-state index contributed by atoms with van der Waals surface area (Å²) >= 11 is 1.87. The fourth-order valence-electron chi connectivity index (χ4n) is 3.27. The third-order valence-electron chi connectivity index (χ3n) is 4.63. The Kier molecular flexibility index (Phi) is 6.53. The van der Waals surface area contributed by atoms with Gasteiger partial charge in [0.25, 0.3) is 0 Å². The van der Waals surface area contributed by atoms with Gasteiger partial charge in [-0.2, -0.15) is 0 Å². The van der Waals surface area contributed by atoms with Gasteiger partial charge in [-0.15, -0.1) is 11.3 Å². The van der Waals surface area contributed by atoms with E-state index >= 15 is 0 Å². The van der Waals surface area contributed by atoms with Crippen LogP contribution in [0.5, 0.6) is 0 Å². The molecule has 1 unspecified atom stereocenters. The van der Waals surface area contributed by atoms with Crippen molar-refractivity contribution in [2.45, 2.75) is 64.5 Å². The summed E-state index contributed by atoms with van der Waals surface area (Å²) in [6.07, 6.45) is 8.39. The molecule has 1 atom stereocenters. The first kappa shape index (κ1) is 16.0. The minimum Gasteiger partial charge on any atom is -0.309 e. The Morgan fingerprint density at radius 2 is 2.10 bits per heavy atom. The van der Waals surface area contributed by atoms with E-state index in [1.807, 2.05) is 11.3 Å². The zero-order valence-corrected chi connectivity index (χ0v) is 14.1. The zero-order chi connectivity index (χ0) is 14.4. The van der Waals surface area contributed by atoms with Crippen LogP contribution in [-0.2, 0) is 0 Å². The Bertz CT molecular complexity index is 382. The molecule has 0 aromatic carbocycles. The van der Waals surface area contributed by atoms with Crippen molar-refractivity contribution in [1.29, 1.82) is 0 Å². The molecule has 0 radical (unpaired) electrons. The molecule has 1 heterocycles. The summed E-state index contributed by atoms with van der Waals surface area (Å²) in [5.74, 6) is 0. The van der Waals surface area contributed by atoms with E-state index in [1.165, 1.54) is 55.5 Å². The Morgan fingerprint density at radius 1 is 1.35 bits per heavy atom. The number of nitrogens with one attached hydrogen (secondary N) is 1. The second-order valence-corrected chi connectivity index (χ2v) is 7.22. The summed E-state index contributed by atoms with van der Waals surface area (Å²) < 4.78 is 0. The smallest absolute Gasteiger partial charge is 0.0388 e. The first-order chi connectivity index (χ1) is 9.68. The van der Waals surface area contributed by atoms with Gasteiger partial charge >= 0.3 is 0 Å². The Balaban J connectivity index is 1.62. The predicted molar refractivity (Wildman–Crippen MR) is 89.6 cm³/mol. The SMILES string of the molecule is Cc1ccsc1C(C)NCCCN(C)C1CCCCC1. The number of aryl methyl sites for hydroxylation is 1. The normalized spacial score (nSPS) is 18.6. The van der Waals surface area contributed by atoms with Gasteiger partial charge in [0.1, 0.15) is 0 Å². The number of nitrogens with zero attached hydrogens (tertiary/aromatic N) is 1. The van der Waals surface area contributed by atoms with Crippen LogP contribution in [-0.4, -0.2) is 31.1 Å². The van der Waals surface area contributed by atoms with Crippen LogP contribution in [0, 0.1) is 6.92 Å². The highest BCUT2D eigenvalue weighted by Gasteiger charge is 2.17. The maximum Gasteiger partial charge on any atom is 0.0388 e. The number of hydrogen-bond acceptors (Lipinski definition) is 3. The molecule has 1 N–H and O–H groups in total. The molecule has 2 rings (SSSR count). The van der Waals surface area contributed by atoms with Crippen molar-refractivity contribution < 1.29 is 0 Å². The first-order valence-corrected chi connectivity index (χ1v) is 9.04. The summed E-state index contributed by atoms with van der Waals surface area (Å²) in [4.78, 5) is 4.08. The molecule has 1 aliphatic rings. The van der Waals surface area contributed by atoms with Crippen molar-refractivity contribution in [2.24, 2.45) is 0 Å². The maximum absolute atomic E-state index is 3.67. The van der Waals surface area contributed by atoms with Crippen LogP contribution in [0.25, 0.3) is 0 Å². The third kappa shape index (κ3) is 4.57. The molecule has 0 amide bonds. The molecule has 1 saturated carbocycles. The number of thiophene rings is 1. The van der Waals surface area contributed by atoms with Gasteiger partial charge < -0.3 is 10.2 Å². The Labute approximate surface area is 128 Å². The van der Waals surface area contributed by atoms with Crippen molar-refractivity contribution in [3.05, 3.63) is 21.9 Å². The van der Waals surface area contributed by atoms with Crippen LogP contribution >= 0.6 is 11.3 Å². The van der Waals surface area contributed by atoms with Crippen LogP contribution in [0.4, 0.5) is 0 Å². The van der Waals surface area contributed by atoms with E-state index in [0.717, 1.165) is 12.6 Å². The third-order valence-corrected chi connectivity index (χ3v) is 5.83. The lowest BCUT2D eigenvalue weighted by molar-refractivity contribution is 0.189. The van der Waals surface area contributed by atoms with Crippen molar-refractivity contribution in [3.63, 3.8) is 0 Å². The average Bonchev–Trinajstić information content (AvgIpc) is 2.90. The molecule has 1 aromatic heterocycles. The van der Waals surface area contributed by atoms with Gasteiger partial charge in [-0.1, -0.05) is 19.3 Å². The standard InChI is InChI=1S/C17H30N2S/c1-14-10-13-20-17(14)15(2)18-11-7-12-19(3)16-8-5-4-6-9-16/h10,13,15-16,18H,4-9,11-12H2,1-3H3. The van der Waals surface area contributed by atoms with Crippen LogP contribution in [0.3, 0.4) is 0 Å². The highest BCUT2D eigenvalue weighted by molar-refractivity contribution is 7.10. The molecular formula is C17H30N2S. The van der Waals surface area contributed by atoms with E-state index in [1.54, 1.807) is 0 Å². The van der Waals surface area contributed by atoms with Gasteiger partial charge in [-0.25, -0.2) is 0 Å². The molecule has 0 bridgehead atoms. The van der Waals surface area contributed by atoms with E-state index in [2.05, 4.69) is 42.6 Å². The number of hydrogen-bond donors (Lipinski definition) is 1. The average molecular weight is 295 g/mol. The lowest BCUT2D eigenvalue weighted by atomic mass is 9.94. The van der Waals surface area contributed by atoms with Crippen molar-refractivity contribution >= 4 is 11.3 Å². The quantitative estimate of drug-likeness (QED) is 0.752. The van der Waals surface area contributed by atoms with Crippen LogP contribution in [0.1, 0.15) is 61.9 Å².